The molecule has 158 valence electrons. The number of benzene rings is 3. The normalized spacial score (nSPS) is 12.0. The van der Waals surface area contributed by atoms with Gasteiger partial charge >= 0.3 is 6.03 Å². The van der Waals surface area contributed by atoms with E-state index in [2.05, 4.69) is 15.6 Å². The molecular weight excluding hydrogens is 419 g/mol. The Morgan fingerprint density at radius 2 is 1.87 bits per heavy atom. The molecule has 0 saturated carbocycles. The summed E-state index contributed by atoms with van der Waals surface area (Å²) >= 11 is 5.64. The number of nitrogens with one attached hydrogen (secondary N) is 2. The number of hydrogen-bond donors (Lipinski definition) is 3. The van der Waals surface area contributed by atoms with E-state index in [4.69, 9.17) is 11.6 Å². The molecule has 2 amide bonds. The van der Waals surface area contributed by atoms with Crippen molar-refractivity contribution < 1.29 is 14.3 Å². The maximum absolute atomic E-state index is 13.5. The summed E-state index contributed by atoms with van der Waals surface area (Å²) in [4.78, 5) is 16.4. The summed E-state index contributed by atoms with van der Waals surface area (Å²) in [6, 6.07) is 19.3. The highest BCUT2D eigenvalue weighted by molar-refractivity contribution is 6.30. The molecule has 31 heavy (non-hydrogen) atoms. The van der Waals surface area contributed by atoms with Crippen molar-refractivity contribution in [2.75, 3.05) is 6.54 Å². The summed E-state index contributed by atoms with van der Waals surface area (Å²) in [5.74, 6) is -0.616. The van der Waals surface area contributed by atoms with Gasteiger partial charge in [0, 0.05) is 18.8 Å². The average Bonchev–Trinajstić information content (AvgIpc) is 3.22. The monoisotopic (exact) mass is 438 g/mol. The van der Waals surface area contributed by atoms with Gasteiger partial charge in [-0.15, -0.1) is 0 Å². The van der Waals surface area contributed by atoms with Gasteiger partial charge in [-0.05, 0) is 47.5 Å². The van der Waals surface area contributed by atoms with Crippen molar-refractivity contribution in [3.63, 3.8) is 0 Å². The second-order valence-corrected chi connectivity index (χ2v) is 7.43. The molecule has 0 aliphatic heterocycles. The second kappa shape index (κ2) is 9.16. The number of aromatic nitrogens is 2. The van der Waals surface area contributed by atoms with Crippen LogP contribution in [-0.4, -0.2) is 27.2 Å². The SMILES string of the molecule is O=C(NCc1ccc(-n2cnc3ccccc32)cc1)NCC(O)c1ccc(Cl)c(F)c1. The molecule has 0 fully saturated rings. The molecule has 0 bridgehead atoms. The predicted molar refractivity (Wildman–Crippen MR) is 118 cm³/mol. The molecular formula is C23H20ClFN4O2. The lowest BCUT2D eigenvalue weighted by molar-refractivity contribution is 0.172. The maximum atomic E-state index is 13.5. The van der Waals surface area contributed by atoms with Crippen LogP contribution < -0.4 is 10.6 Å². The van der Waals surface area contributed by atoms with E-state index in [0.29, 0.717) is 12.1 Å². The van der Waals surface area contributed by atoms with Crippen LogP contribution in [0.2, 0.25) is 5.02 Å². The fraction of sp³-hybridized carbons (Fsp3) is 0.130. The first-order valence-electron chi connectivity index (χ1n) is 9.67. The topological polar surface area (TPSA) is 79.2 Å². The minimum absolute atomic E-state index is 0.0195. The first kappa shape index (κ1) is 20.8. The van der Waals surface area contributed by atoms with Gasteiger partial charge in [0.05, 0.1) is 22.2 Å². The Labute approximate surface area is 183 Å². The van der Waals surface area contributed by atoms with Crippen LogP contribution in [0.25, 0.3) is 16.7 Å². The fourth-order valence-corrected chi connectivity index (χ4v) is 3.33. The summed E-state index contributed by atoms with van der Waals surface area (Å²) in [5, 5.41) is 15.4. The zero-order chi connectivity index (χ0) is 21.8. The minimum atomic E-state index is -1.04. The quantitative estimate of drug-likeness (QED) is 0.418. The van der Waals surface area contributed by atoms with E-state index in [1.165, 1.54) is 12.1 Å². The summed E-state index contributed by atoms with van der Waals surface area (Å²) in [6.45, 7) is 0.266. The summed E-state index contributed by atoms with van der Waals surface area (Å²) < 4.78 is 15.5. The molecule has 1 heterocycles. The number of carbonyl (C=O) groups is 1. The fourth-order valence-electron chi connectivity index (χ4n) is 3.21. The van der Waals surface area contributed by atoms with Crippen LogP contribution in [0, 0.1) is 5.82 Å². The smallest absolute Gasteiger partial charge is 0.315 e. The number of aliphatic hydroxyl groups is 1. The van der Waals surface area contributed by atoms with E-state index in [9.17, 15) is 14.3 Å². The molecule has 3 aromatic carbocycles. The van der Waals surface area contributed by atoms with Crippen molar-refractivity contribution in [3.05, 3.63) is 95.0 Å². The van der Waals surface area contributed by atoms with Crippen LogP contribution in [0.5, 0.6) is 0 Å². The number of carbonyl (C=O) groups excluding carboxylic acids is 1. The number of para-hydroxylation sites is 2. The molecule has 0 spiro atoms. The van der Waals surface area contributed by atoms with Gasteiger partial charge in [0.25, 0.3) is 0 Å². The van der Waals surface area contributed by atoms with Crippen molar-refractivity contribution in [2.45, 2.75) is 12.6 Å². The Hall–Kier alpha value is -3.42. The predicted octanol–water partition coefficient (Wildman–Crippen LogP) is 4.35. The Balaban J connectivity index is 1.30. The molecule has 4 aromatic rings. The largest absolute Gasteiger partial charge is 0.387 e. The third kappa shape index (κ3) is 4.84. The number of rotatable bonds is 6. The van der Waals surface area contributed by atoms with Crippen LogP contribution >= 0.6 is 11.6 Å². The minimum Gasteiger partial charge on any atom is -0.387 e. The van der Waals surface area contributed by atoms with Crippen molar-refractivity contribution in [1.29, 1.82) is 0 Å². The van der Waals surface area contributed by atoms with Gasteiger partial charge in [-0.3, -0.25) is 4.57 Å². The van der Waals surface area contributed by atoms with Crippen LogP contribution in [-0.2, 0) is 6.54 Å². The van der Waals surface area contributed by atoms with Crippen LogP contribution in [0.4, 0.5) is 9.18 Å². The molecule has 0 aliphatic rings. The van der Waals surface area contributed by atoms with Gasteiger partial charge in [-0.2, -0.15) is 0 Å². The van der Waals surface area contributed by atoms with E-state index >= 15 is 0 Å². The van der Waals surface area contributed by atoms with Gasteiger partial charge in [0.2, 0.25) is 0 Å². The highest BCUT2D eigenvalue weighted by Crippen LogP contribution is 2.20. The highest BCUT2D eigenvalue weighted by atomic mass is 35.5. The Bertz CT molecular complexity index is 1210. The molecule has 1 aromatic heterocycles. The lowest BCUT2D eigenvalue weighted by Crippen LogP contribution is -2.37. The molecule has 3 N–H and O–H groups in total. The average molecular weight is 439 g/mol. The number of halogens is 2. The Kier molecular flexibility index (Phi) is 6.16. The first-order chi connectivity index (χ1) is 15.0. The molecule has 6 nitrogen and oxygen atoms in total. The lowest BCUT2D eigenvalue weighted by atomic mass is 10.1. The van der Waals surface area contributed by atoms with E-state index in [-0.39, 0.29) is 11.6 Å². The standard InChI is InChI=1S/C23H20ClFN4O2/c24-18-10-7-16(11-19(18)25)22(30)13-27-23(31)26-12-15-5-8-17(9-6-15)29-14-28-20-3-1-2-4-21(20)29/h1-11,14,22,30H,12-13H2,(H2,26,27,31). The van der Waals surface area contributed by atoms with Crippen LogP contribution in [0.15, 0.2) is 73.1 Å². The third-order valence-corrected chi connectivity index (χ3v) is 5.21. The number of fused-ring (bicyclic) bond motifs is 1. The molecule has 1 atom stereocenters. The van der Waals surface area contributed by atoms with Crippen LogP contribution in [0.3, 0.4) is 0 Å². The zero-order valence-corrected chi connectivity index (χ0v) is 17.2. The Morgan fingerprint density at radius 3 is 2.65 bits per heavy atom. The van der Waals surface area contributed by atoms with Crippen molar-refractivity contribution in [3.8, 4) is 5.69 Å². The van der Waals surface area contributed by atoms with Crippen molar-refractivity contribution in [2.24, 2.45) is 0 Å². The first-order valence-corrected chi connectivity index (χ1v) is 10.0. The van der Waals surface area contributed by atoms with E-state index in [0.717, 1.165) is 28.4 Å². The molecule has 4 rings (SSSR count). The number of urea groups is 1. The van der Waals surface area contributed by atoms with Gasteiger partial charge in [-0.25, -0.2) is 14.2 Å². The lowest BCUT2D eigenvalue weighted by Gasteiger charge is -2.13. The van der Waals surface area contributed by atoms with Crippen molar-refractivity contribution in [1.82, 2.24) is 20.2 Å². The maximum Gasteiger partial charge on any atom is 0.315 e. The Morgan fingerprint density at radius 1 is 1.10 bits per heavy atom. The van der Waals surface area contributed by atoms with Crippen LogP contribution in [0.1, 0.15) is 17.2 Å². The third-order valence-electron chi connectivity index (χ3n) is 4.91. The second-order valence-electron chi connectivity index (χ2n) is 7.02. The van der Waals surface area contributed by atoms with Crippen molar-refractivity contribution >= 4 is 28.7 Å². The molecule has 0 aliphatic carbocycles. The van der Waals surface area contributed by atoms with Gasteiger partial charge in [0.1, 0.15) is 12.1 Å². The molecule has 0 saturated heterocycles. The number of amides is 2. The van der Waals surface area contributed by atoms with E-state index < -0.39 is 18.0 Å². The van der Waals surface area contributed by atoms with Gasteiger partial charge in [-0.1, -0.05) is 41.9 Å². The number of hydrogen-bond acceptors (Lipinski definition) is 3. The summed E-state index contributed by atoms with van der Waals surface area (Å²) in [7, 11) is 0. The zero-order valence-electron chi connectivity index (χ0n) is 16.4. The van der Waals surface area contributed by atoms with E-state index in [1.807, 2.05) is 53.1 Å². The number of imidazole rings is 1. The molecule has 1 unspecified atom stereocenters. The summed E-state index contributed by atoms with van der Waals surface area (Å²) in [6.07, 6.45) is 0.741. The van der Waals surface area contributed by atoms with Gasteiger partial charge < -0.3 is 15.7 Å². The number of nitrogens with zero attached hydrogens (tertiary/aromatic N) is 2. The van der Waals surface area contributed by atoms with Gasteiger partial charge in [0.15, 0.2) is 0 Å². The number of aliphatic hydroxyl groups excluding tert-OH is 1. The molecule has 8 heteroatoms. The highest BCUT2D eigenvalue weighted by Gasteiger charge is 2.12. The van der Waals surface area contributed by atoms with E-state index in [1.54, 1.807) is 6.33 Å². The summed E-state index contributed by atoms with van der Waals surface area (Å²) in [5.41, 5.74) is 4.17. The molecule has 0 radical (unpaired) electrons.